The van der Waals surface area contributed by atoms with Crippen LogP contribution in [0, 0.1) is 0 Å². The summed E-state index contributed by atoms with van der Waals surface area (Å²) in [5.41, 5.74) is 1.27. The predicted octanol–water partition coefficient (Wildman–Crippen LogP) is 3.92. The van der Waals surface area contributed by atoms with Crippen LogP contribution in [0.4, 0.5) is 10.5 Å². The van der Waals surface area contributed by atoms with Crippen LogP contribution in [0.5, 0.6) is 11.5 Å². The molecule has 1 aromatic heterocycles. The van der Waals surface area contributed by atoms with E-state index in [1.165, 1.54) is 18.3 Å². The highest BCUT2D eigenvalue weighted by molar-refractivity contribution is 6.53. The van der Waals surface area contributed by atoms with Crippen LogP contribution in [-0.4, -0.2) is 53.3 Å². The van der Waals surface area contributed by atoms with Crippen molar-refractivity contribution in [2.75, 3.05) is 24.7 Å². The van der Waals surface area contributed by atoms with Crippen molar-refractivity contribution >= 4 is 40.2 Å². The molecule has 2 aromatic carbocycles. The van der Waals surface area contributed by atoms with E-state index in [0.717, 1.165) is 23.3 Å². The molecule has 2 heterocycles. The van der Waals surface area contributed by atoms with E-state index in [-0.39, 0.29) is 5.69 Å². The Kier molecular flexibility index (Phi) is 6.62. The highest BCUT2D eigenvalue weighted by Gasteiger charge is 2.46. The zero-order valence-electron chi connectivity index (χ0n) is 19.0. The van der Waals surface area contributed by atoms with Crippen molar-refractivity contribution in [1.29, 1.82) is 0 Å². The standard InChI is InChI=1S/C25H25N3O6/c1-3-11-33-21-10-9-16(13-22(21)34-12-4-2)28-24(31)23(30)27(25(28)32)15-20(29)18-14-26-19-8-6-5-7-17(18)19/h5-10,13-14,26H,3-4,11-12,15H2,1-2H3. The van der Waals surface area contributed by atoms with Gasteiger partial charge in [0.05, 0.1) is 25.4 Å². The Bertz CT molecular complexity index is 1260. The Hall–Kier alpha value is -4.14. The number of rotatable bonds is 10. The summed E-state index contributed by atoms with van der Waals surface area (Å²) in [6.45, 7) is 4.27. The topological polar surface area (TPSA) is 109 Å². The number of urea groups is 1. The highest BCUT2D eigenvalue weighted by atomic mass is 16.5. The molecule has 0 saturated carbocycles. The monoisotopic (exact) mass is 463 g/mol. The third-order valence-electron chi connectivity index (χ3n) is 5.35. The normalized spacial score (nSPS) is 13.8. The molecule has 0 atom stereocenters. The fourth-order valence-electron chi connectivity index (χ4n) is 3.70. The zero-order valence-corrected chi connectivity index (χ0v) is 19.0. The van der Waals surface area contributed by atoms with Gasteiger partial charge in [-0.25, -0.2) is 14.6 Å². The van der Waals surface area contributed by atoms with Crippen molar-refractivity contribution in [2.24, 2.45) is 0 Å². The summed E-state index contributed by atoms with van der Waals surface area (Å²) in [7, 11) is 0. The zero-order chi connectivity index (χ0) is 24.2. The first-order chi connectivity index (χ1) is 16.5. The second-order valence-electron chi connectivity index (χ2n) is 7.81. The first kappa shape index (κ1) is 23.0. The van der Waals surface area contributed by atoms with Crippen LogP contribution < -0.4 is 14.4 Å². The number of para-hydroxylation sites is 1. The quantitative estimate of drug-likeness (QED) is 0.277. The van der Waals surface area contributed by atoms with Gasteiger partial charge in [-0.2, -0.15) is 0 Å². The Morgan fingerprint density at radius 2 is 1.62 bits per heavy atom. The van der Waals surface area contributed by atoms with Gasteiger partial charge in [0.1, 0.15) is 0 Å². The number of benzene rings is 2. The summed E-state index contributed by atoms with van der Waals surface area (Å²) in [6, 6.07) is 10.9. The van der Waals surface area contributed by atoms with Gasteiger partial charge in [0.15, 0.2) is 17.3 Å². The highest BCUT2D eigenvalue weighted by Crippen LogP contribution is 2.34. The Balaban J connectivity index is 1.58. The minimum Gasteiger partial charge on any atom is -0.490 e. The van der Waals surface area contributed by atoms with E-state index in [1.807, 2.05) is 26.0 Å². The summed E-state index contributed by atoms with van der Waals surface area (Å²) >= 11 is 0. The molecule has 0 spiro atoms. The van der Waals surface area contributed by atoms with E-state index in [4.69, 9.17) is 9.47 Å². The van der Waals surface area contributed by atoms with E-state index < -0.39 is 30.2 Å². The molecular weight excluding hydrogens is 438 g/mol. The van der Waals surface area contributed by atoms with Crippen molar-refractivity contribution in [3.05, 3.63) is 54.2 Å². The molecule has 1 fully saturated rings. The number of imide groups is 2. The number of carbonyl (C=O) groups is 4. The van der Waals surface area contributed by atoms with Crippen molar-refractivity contribution in [3.63, 3.8) is 0 Å². The van der Waals surface area contributed by atoms with Gasteiger partial charge >= 0.3 is 17.8 Å². The Labute approximate surface area is 196 Å². The van der Waals surface area contributed by atoms with Crippen molar-refractivity contribution in [1.82, 2.24) is 9.88 Å². The molecule has 9 nitrogen and oxygen atoms in total. The van der Waals surface area contributed by atoms with Gasteiger partial charge in [-0.15, -0.1) is 0 Å². The number of nitrogens with zero attached hydrogens (tertiary/aromatic N) is 2. The molecule has 3 aromatic rings. The number of aromatic nitrogens is 1. The molecule has 0 radical (unpaired) electrons. The molecule has 4 amide bonds. The van der Waals surface area contributed by atoms with Crippen molar-refractivity contribution < 1.29 is 28.7 Å². The molecule has 1 N–H and O–H groups in total. The number of hydrogen-bond acceptors (Lipinski definition) is 6. The molecule has 0 unspecified atom stereocenters. The largest absolute Gasteiger partial charge is 0.490 e. The SMILES string of the molecule is CCCOc1ccc(N2C(=O)C(=O)N(CC(=O)c3c[nH]c4ccccc34)C2=O)cc1OCCC. The third kappa shape index (κ3) is 4.24. The third-order valence-corrected chi connectivity index (χ3v) is 5.35. The lowest BCUT2D eigenvalue weighted by atomic mass is 10.1. The average Bonchev–Trinajstić information content (AvgIpc) is 3.36. The number of fused-ring (bicyclic) bond motifs is 1. The first-order valence-electron chi connectivity index (χ1n) is 11.1. The second kappa shape index (κ2) is 9.78. The minimum atomic E-state index is -1.06. The van der Waals surface area contributed by atoms with E-state index >= 15 is 0 Å². The number of ether oxygens (including phenoxy) is 2. The molecule has 1 saturated heterocycles. The number of amides is 4. The minimum absolute atomic E-state index is 0.167. The molecule has 34 heavy (non-hydrogen) atoms. The fraction of sp³-hybridized carbons (Fsp3) is 0.280. The number of nitrogens with one attached hydrogen (secondary N) is 1. The van der Waals surface area contributed by atoms with Crippen LogP contribution >= 0.6 is 0 Å². The molecule has 0 bridgehead atoms. The summed E-state index contributed by atoms with van der Waals surface area (Å²) < 4.78 is 11.4. The van der Waals surface area contributed by atoms with E-state index in [2.05, 4.69) is 4.98 Å². The molecule has 1 aliphatic heterocycles. The van der Waals surface area contributed by atoms with Gasteiger partial charge in [-0.05, 0) is 31.0 Å². The average molecular weight is 463 g/mol. The van der Waals surface area contributed by atoms with Gasteiger partial charge in [-0.3, -0.25) is 14.4 Å². The smallest absolute Gasteiger partial charge is 0.339 e. The van der Waals surface area contributed by atoms with Crippen LogP contribution in [0.1, 0.15) is 37.0 Å². The molecule has 176 valence electrons. The summed E-state index contributed by atoms with van der Waals surface area (Å²) in [6.07, 6.45) is 3.08. The van der Waals surface area contributed by atoms with Crippen LogP contribution in [-0.2, 0) is 9.59 Å². The summed E-state index contributed by atoms with van der Waals surface area (Å²) in [5.74, 6) is -1.69. The summed E-state index contributed by atoms with van der Waals surface area (Å²) in [5, 5.41) is 0.676. The Morgan fingerprint density at radius 1 is 0.912 bits per heavy atom. The van der Waals surface area contributed by atoms with Crippen LogP contribution in [0.25, 0.3) is 10.9 Å². The molecular formula is C25H25N3O6. The first-order valence-corrected chi connectivity index (χ1v) is 11.1. The number of aromatic amines is 1. The predicted molar refractivity (Wildman–Crippen MR) is 125 cm³/mol. The lowest BCUT2D eigenvalue weighted by Gasteiger charge is -2.18. The van der Waals surface area contributed by atoms with Crippen molar-refractivity contribution in [3.8, 4) is 11.5 Å². The lowest BCUT2D eigenvalue weighted by molar-refractivity contribution is -0.139. The van der Waals surface area contributed by atoms with Gasteiger partial charge < -0.3 is 14.5 Å². The number of ketones is 1. The van der Waals surface area contributed by atoms with Gasteiger partial charge in [0.2, 0.25) is 0 Å². The van der Waals surface area contributed by atoms with Gasteiger partial charge in [0.25, 0.3) is 0 Å². The number of carbonyl (C=O) groups excluding carboxylic acids is 4. The maximum Gasteiger partial charge on any atom is 0.339 e. The number of anilines is 1. The van der Waals surface area contributed by atoms with Crippen LogP contribution in [0.15, 0.2) is 48.7 Å². The molecule has 4 rings (SSSR count). The summed E-state index contributed by atoms with van der Waals surface area (Å²) in [4.78, 5) is 55.7. The molecule has 0 aliphatic carbocycles. The number of hydrogen-bond donors (Lipinski definition) is 1. The molecule has 1 aliphatic rings. The van der Waals surface area contributed by atoms with Crippen LogP contribution in [0.3, 0.4) is 0 Å². The number of Topliss-reactive ketones (excluding diaryl/α,β-unsaturated/α-hetero) is 1. The fourth-order valence-corrected chi connectivity index (χ4v) is 3.70. The van der Waals surface area contributed by atoms with E-state index in [1.54, 1.807) is 18.2 Å². The molecule has 9 heteroatoms. The van der Waals surface area contributed by atoms with E-state index in [9.17, 15) is 19.2 Å². The number of H-pyrrole nitrogens is 1. The maximum absolute atomic E-state index is 13.1. The maximum atomic E-state index is 13.1. The van der Waals surface area contributed by atoms with Gasteiger partial charge in [0, 0.05) is 28.7 Å². The lowest BCUT2D eigenvalue weighted by Crippen LogP contribution is -2.37. The second-order valence-corrected chi connectivity index (χ2v) is 7.81. The van der Waals surface area contributed by atoms with E-state index in [0.29, 0.717) is 40.6 Å². The Morgan fingerprint density at radius 3 is 2.35 bits per heavy atom. The van der Waals surface area contributed by atoms with Crippen molar-refractivity contribution in [2.45, 2.75) is 26.7 Å². The van der Waals surface area contributed by atoms with Gasteiger partial charge in [-0.1, -0.05) is 32.0 Å². The van der Waals surface area contributed by atoms with Crippen LogP contribution in [0.2, 0.25) is 0 Å².